The Morgan fingerprint density at radius 2 is 2.05 bits per heavy atom. The van der Waals surface area contributed by atoms with E-state index < -0.39 is 5.91 Å². The summed E-state index contributed by atoms with van der Waals surface area (Å²) in [5.74, 6) is -0.653. The number of rotatable bonds is 5. The lowest BCUT2D eigenvalue weighted by atomic mass is 10.2. The number of H-pyrrole nitrogens is 1. The molecule has 2 N–H and O–H groups in total. The molecule has 20 heavy (non-hydrogen) atoms. The van der Waals surface area contributed by atoms with Crippen LogP contribution in [0.15, 0.2) is 30.6 Å². The van der Waals surface area contributed by atoms with Gasteiger partial charge in [-0.25, -0.2) is 9.78 Å². The van der Waals surface area contributed by atoms with E-state index in [1.807, 2.05) is 6.92 Å². The number of esters is 1. The first kappa shape index (κ1) is 13.7. The van der Waals surface area contributed by atoms with Gasteiger partial charge in [-0.1, -0.05) is 6.92 Å². The molecule has 0 saturated heterocycles. The molecule has 104 valence electrons. The lowest BCUT2D eigenvalue weighted by molar-refractivity contribution is 0.0505. The van der Waals surface area contributed by atoms with E-state index in [4.69, 9.17) is 4.74 Å². The van der Waals surface area contributed by atoms with Crippen molar-refractivity contribution in [1.29, 1.82) is 0 Å². The summed E-state index contributed by atoms with van der Waals surface area (Å²) < 4.78 is 5.01. The van der Waals surface area contributed by atoms with Crippen molar-refractivity contribution in [3.05, 3.63) is 42.0 Å². The number of benzene rings is 1. The lowest BCUT2D eigenvalue weighted by Gasteiger charge is -2.05. The van der Waals surface area contributed by atoms with E-state index in [1.165, 1.54) is 6.33 Å². The molecule has 0 aliphatic rings. The first-order chi connectivity index (χ1) is 9.70. The zero-order chi connectivity index (χ0) is 14.4. The Kier molecular flexibility index (Phi) is 4.43. The number of hydrogen-bond donors (Lipinski definition) is 2. The Bertz CT molecular complexity index is 578. The molecule has 2 aromatic rings. The van der Waals surface area contributed by atoms with Crippen molar-refractivity contribution in [2.24, 2.45) is 0 Å². The van der Waals surface area contributed by atoms with Crippen LogP contribution >= 0.6 is 0 Å². The van der Waals surface area contributed by atoms with Gasteiger partial charge in [0.05, 0.1) is 12.2 Å². The monoisotopic (exact) mass is 274 g/mol. The van der Waals surface area contributed by atoms with Crippen molar-refractivity contribution >= 4 is 17.6 Å². The smallest absolute Gasteiger partial charge is 0.338 e. The van der Waals surface area contributed by atoms with E-state index in [0.29, 0.717) is 17.9 Å². The van der Waals surface area contributed by atoms with E-state index in [0.717, 1.165) is 6.42 Å². The molecule has 0 unspecified atom stereocenters. The molecule has 0 aliphatic carbocycles. The van der Waals surface area contributed by atoms with Gasteiger partial charge in [0.25, 0.3) is 5.91 Å². The number of nitrogens with one attached hydrogen (secondary N) is 2. The highest BCUT2D eigenvalue weighted by atomic mass is 16.5. The minimum atomic E-state index is -0.399. The van der Waals surface area contributed by atoms with Gasteiger partial charge >= 0.3 is 5.97 Å². The van der Waals surface area contributed by atoms with Crippen molar-refractivity contribution in [3.8, 4) is 0 Å². The number of anilines is 1. The van der Waals surface area contributed by atoms with E-state index in [2.05, 4.69) is 20.5 Å². The molecule has 7 nitrogen and oxygen atoms in total. The number of nitrogens with zero attached hydrogens (tertiary/aromatic N) is 2. The SMILES string of the molecule is CCCOC(=O)c1ccc(NC(=O)c2ncn[nH]2)cc1. The number of carbonyl (C=O) groups excluding carboxylic acids is 2. The van der Waals surface area contributed by atoms with Crippen LogP contribution in [0.4, 0.5) is 5.69 Å². The molecule has 0 aliphatic heterocycles. The molecule has 1 aromatic carbocycles. The molecule has 0 fully saturated rings. The summed E-state index contributed by atoms with van der Waals surface area (Å²) in [6.45, 7) is 2.32. The van der Waals surface area contributed by atoms with Crippen LogP contribution in [-0.2, 0) is 4.74 Å². The third-order valence-electron chi connectivity index (χ3n) is 2.45. The Labute approximate surface area is 115 Å². The van der Waals surface area contributed by atoms with Crippen LogP contribution in [0.3, 0.4) is 0 Å². The van der Waals surface area contributed by atoms with Gasteiger partial charge in [-0.05, 0) is 30.7 Å². The summed E-state index contributed by atoms with van der Waals surface area (Å²) >= 11 is 0. The maximum Gasteiger partial charge on any atom is 0.338 e. The molecule has 1 heterocycles. The lowest BCUT2D eigenvalue weighted by Crippen LogP contribution is -2.14. The number of amides is 1. The topological polar surface area (TPSA) is 97.0 Å². The van der Waals surface area contributed by atoms with Crippen LogP contribution in [0, 0.1) is 0 Å². The van der Waals surface area contributed by atoms with E-state index in [-0.39, 0.29) is 11.8 Å². The normalized spacial score (nSPS) is 10.1. The third-order valence-corrected chi connectivity index (χ3v) is 2.45. The average molecular weight is 274 g/mol. The maximum absolute atomic E-state index is 11.7. The fourth-order valence-electron chi connectivity index (χ4n) is 1.47. The van der Waals surface area contributed by atoms with Crippen LogP contribution < -0.4 is 5.32 Å². The second-order valence-corrected chi connectivity index (χ2v) is 4.00. The molecule has 0 saturated carbocycles. The molecular formula is C13H14N4O3. The summed E-state index contributed by atoms with van der Waals surface area (Å²) in [5.41, 5.74) is 0.995. The van der Waals surface area contributed by atoms with Crippen molar-refractivity contribution < 1.29 is 14.3 Å². The van der Waals surface area contributed by atoms with Crippen molar-refractivity contribution in [2.75, 3.05) is 11.9 Å². The molecule has 2 rings (SSSR count). The zero-order valence-electron chi connectivity index (χ0n) is 10.9. The number of aromatic amines is 1. The highest BCUT2D eigenvalue weighted by Gasteiger charge is 2.10. The summed E-state index contributed by atoms with van der Waals surface area (Å²) in [7, 11) is 0. The van der Waals surface area contributed by atoms with Crippen molar-refractivity contribution in [2.45, 2.75) is 13.3 Å². The van der Waals surface area contributed by atoms with Gasteiger partial charge < -0.3 is 10.1 Å². The first-order valence-electron chi connectivity index (χ1n) is 6.14. The predicted molar refractivity (Wildman–Crippen MR) is 71.4 cm³/mol. The fourth-order valence-corrected chi connectivity index (χ4v) is 1.47. The Morgan fingerprint density at radius 1 is 1.30 bits per heavy atom. The van der Waals surface area contributed by atoms with Crippen molar-refractivity contribution in [1.82, 2.24) is 15.2 Å². The van der Waals surface area contributed by atoms with Gasteiger partial charge in [0.2, 0.25) is 5.82 Å². The summed E-state index contributed by atoms with van der Waals surface area (Å²) in [6.07, 6.45) is 2.03. The molecule has 0 atom stereocenters. The molecule has 0 spiro atoms. The molecule has 0 radical (unpaired) electrons. The molecule has 1 aromatic heterocycles. The van der Waals surface area contributed by atoms with Crippen LogP contribution in [0.5, 0.6) is 0 Å². The number of aromatic nitrogens is 3. The second kappa shape index (κ2) is 6.46. The van der Waals surface area contributed by atoms with Crippen LogP contribution in [-0.4, -0.2) is 33.7 Å². The largest absolute Gasteiger partial charge is 0.462 e. The van der Waals surface area contributed by atoms with E-state index in [1.54, 1.807) is 24.3 Å². The summed E-state index contributed by atoms with van der Waals surface area (Å²) in [6, 6.07) is 6.43. The maximum atomic E-state index is 11.7. The summed E-state index contributed by atoms with van der Waals surface area (Å²) in [5, 5.41) is 8.68. The van der Waals surface area contributed by atoms with Gasteiger partial charge in [-0.3, -0.25) is 9.89 Å². The Balaban J connectivity index is 1.98. The second-order valence-electron chi connectivity index (χ2n) is 4.00. The van der Waals surface area contributed by atoms with Gasteiger partial charge in [-0.2, -0.15) is 5.10 Å². The van der Waals surface area contributed by atoms with Gasteiger partial charge in [-0.15, -0.1) is 0 Å². The van der Waals surface area contributed by atoms with Crippen LogP contribution in [0.2, 0.25) is 0 Å². The number of ether oxygens (including phenoxy) is 1. The minimum absolute atomic E-state index is 0.122. The quantitative estimate of drug-likeness (QED) is 0.807. The van der Waals surface area contributed by atoms with E-state index in [9.17, 15) is 9.59 Å². The van der Waals surface area contributed by atoms with E-state index >= 15 is 0 Å². The first-order valence-corrected chi connectivity index (χ1v) is 6.14. The minimum Gasteiger partial charge on any atom is -0.462 e. The Hall–Kier alpha value is -2.70. The van der Waals surface area contributed by atoms with Crippen molar-refractivity contribution in [3.63, 3.8) is 0 Å². The molecular weight excluding hydrogens is 260 g/mol. The molecule has 1 amide bonds. The Morgan fingerprint density at radius 3 is 2.65 bits per heavy atom. The molecule has 0 bridgehead atoms. The molecule has 7 heteroatoms. The highest BCUT2D eigenvalue weighted by Crippen LogP contribution is 2.11. The average Bonchev–Trinajstić information content (AvgIpc) is 3.00. The number of carbonyl (C=O) groups is 2. The van der Waals surface area contributed by atoms with Crippen LogP contribution in [0.1, 0.15) is 34.3 Å². The zero-order valence-corrected chi connectivity index (χ0v) is 10.9. The van der Waals surface area contributed by atoms with Gasteiger partial charge in [0.1, 0.15) is 6.33 Å². The summed E-state index contributed by atoms with van der Waals surface area (Å²) in [4.78, 5) is 27.0. The predicted octanol–water partition coefficient (Wildman–Crippen LogP) is 1.62. The van der Waals surface area contributed by atoms with Gasteiger partial charge in [0.15, 0.2) is 0 Å². The van der Waals surface area contributed by atoms with Gasteiger partial charge in [0, 0.05) is 5.69 Å². The fraction of sp³-hybridized carbons (Fsp3) is 0.231. The number of hydrogen-bond acceptors (Lipinski definition) is 5. The third kappa shape index (κ3) is 3.41. The highest BCUT2D eigenvalue weighted by molar-refractivity contribution is 6.01. The standard InChI is InChI=1S/C13H14N4O3/c1-2-7-20-13(19)9-3-5-10(6-4-9)16-12(18)11-14-8-15-17-11/h3-6,8H,2,7H2,1H3,(H,16,18)(H,14,15,17). The van der Waals surface area contributed by atoms with Crippen LogP contribution in [0.25, 0.3) is 0 Å².